The van der Waals surface area contributed by atoms with Crippen molar-refractivity contribution in [3.63, 3.8) is 0 Å². The Morgan fingerprint density at radius 3 is 1.02 bits per heavy atom. The summed E-state index contributed by atoms with van der Waals surface area (Å²) in [6.07, 6.45) is 64.5. The van der Waals surface area contributed by atoms with Gasteiger partial charge in [0.15, 0.2) is 6.10 Å². The molecule has 1 unspecified atom stereocenters. The average Bonchev–Trinajstić information content (AvgIpc) is 3.28. The molecule has 0 aliphatic heterocycles. The summed E-state index contributed by atoms with van der Waals surface area (Å²) in [5.74, 6) is -0.930. The van der Waals surface area contributed by atoms with E-state index >= 15 is 0 Å². The molecule has 0 aliphatic rings. The van der Waals surface area contributed by atoms with Crippen LogP contribution in [-0.2, 0) is 28.6 Å². The number of hydrogen-bond donors (Lipinski definition) is 0. The fourth-order valence-electron chi connectivity index (χ4n) is 7.19. The number of allylic oxidation sites excluding steroid dienone is 12. The fraction of sp³-hybridized carbons (Fsp3) is 0.737. The van der Waals surface area contributed by atoms with Crippen LogP contribution < -0.4 is 0 Å². The summed E-state index contributed by atoms with van der Waals surface area (Å²) < 4.78 is 16.8. The maximum Gasteiger partial charge on any atom is 0.306 e. The molecule has 0 bridgehead atoms. The zero-order chi connectivity index (χ0) is 45.8. The van der Waals surface area contributed by atoms with Gasteiger partial charge in [-0.1, -0.05) is 196 Å². The molecular formula is C57H98O6. The topological polar surface area (TPSA) is 78.9 Å². The molecule has 362 valence electrons. The molecule has 0 aromatic heterocycles. The molecular weight excluding hydrogens is 781 g/mol. The predicted octanol–water partition coefficient (Wildman–Crippen LogP) is 17.4. The van der Waals surface area contributed by atoms with E-state index in [2.05, 4.69) is 93.7 Å². The molecule has 0 aromatic carbocycles. The Hall–Kier alpha value is -3.15. The molecule has 0 heterocycles. The summed E-state index contributed by atoms with van der Waals surface area (Å²) in [6.45, 7) is 6.47. The standard InChI is InChI=1S/C57H98O6/c1-4-7-10-13-16-19-22-25-27-29-31-32-35-38-41-44-47-50-56(59)62-53-54(52-61-55(58)49-46-43-40-37-34-24-21-18-15-12-9-6-3)63-57(60)51-48-45-42-39-36-33-30-28-26-23-20-17-14-11-8-5-2/h7,10,16,18-19,21,25,27-28,30-32,54H,4-6,8-9,11-15,17,20,22-24,26,29,33-53H2,1-3H3/b10-7-,19-16-,21-18-,27-25-,30-28-,32-31-. The summed E-state index contributed by atoms with van der Waals surface area (Å²) in [5.41, 5.74) is 0. The summed E-state index contributed by atoms with van der Waals surface area (Å²) in [7, 11) is 0. The molecule has 0 saturated carbocycles. The van der Waals surface area contributed by atoms with E-state index in [0.717, 1.165) is 116 Å². The summed E-state index contributed by atoms with van der Waals surface area (Å²) >= 11 is 0. The molecule has 0 amide bonds. The molecule has 0 aliphatic carbocycles. The van der Waals surface area contributed by atoms with Gasteiger partial charge in [0.25, 0.3) is 0 Å². The smallest absolute Gasteiger partial charge is 0.306 e. The van der Waals surface area contributed by atoms with Crippen LogP contribution in [0.15, 0.2) is 72.9 Å². The summed E-state index contributed by atoms with van der Waals surface area (Å²) in [6, 6.07) is 0. The number of rotatable bonds is 47. The maximum absolute atomic E-state index is 12.8. The van der Waals surface area contributed by atoms with Gasteiger partial charge in [-0.25, -0.2) is 0 Å². The molecule has 0 spiro atoms. The van der Waals surface area contributed by atoms with Gasteiger partial charge >= 0.3 is 17.9 Å². The summed E-state index contributed by atoms with van der Waals surface area (Å²) in [5, 5.41) is 0. The van der Waals surface area contributed by atoms with Crippen LogP contribution in [0.4, 0.5) is 0 Å². The van der Waals surface area contributed by atoms with Crippen LogP contribution in [0.3, 0.4) is 0 Å². The van der Waals surface area contributed by atoms with Gasteiger partial charge in [0, 0.05) is 19.3 Å². The lowest BCUT2D eigenvalue weighted by molar-refractivity contribution is -0.167. The number of hydrogen-bond acceptors (Lipinski definition) is 6. The van der Waals surface area contributed by atoms with E-state index in [4.69, 9.17) is 14.2 Å². The molecule has 0 fully saturated rings. The third-order valence-corrected chi connectivity index (χ3v) is 11.2. The van der Waals surface area contributed by atoms with Crippen molar-refractivity contribution in [1.29, 1.82) is 0 Å². The van der Waals surface area contributed by atoms with Gasteiger partial charge in [-0.3, -0.25) is 14.4 Å². The van der Waals surface area contributed by atoms with Gasteiger partial charge in [0.05, 0.1) is 0 Å². The molecule has 0 aromatic rings. The predicted molar refractivity (Wildman–Crippen MR) is 270 cm³/mol. The highest BCUT2D eigenvalue weighted by molar-refractivity contribution is 5.71. The lowest BCUT2D eigenvalue weighted by Gasteiger charge is -2.18. The van der Waals surface area contributed by atoms with Gasteiger partial charge in [-0.05, 0) is 109 Å². The summed E-state index contributed by atoms with van der Waals surface area (Å²) in [4.78, 5) is 38.0. The van der Waals surface area contributed by atoms with Crippen LogP contribution >= 0.6 is 0 Å². The van der Waals surface area contributed by atoms with Crippen molar-refractivity contribution in [1.82, 2.24) is 0 Å². The van der Waals surface area contributed by atoms with Crippen LogP contribution in [0.5, 0.6) is 0 Å². The molecule has 0 N–H and O–H groups in total. The fourth-order valence-corrected chi connectivity index (χ4v) is 7.19. The first-order valence-electron chi connectivity index (χ1n) is 26.4. The van der Waals surface area contributed by atoms with Gasteiger partial charge < -0.3 is 14.2 Å². The van der Waals surface area contributed by atoms with E-state index in [1.807, 2.05) is 0 Å². The van der Waals surface area contributed by atoms with Crippen LogP contribution in [0.2, 0.25) is 0 Å². The molecule has 63 heavy (non-hydrogen) atoms. The Labute approximate surface area is 389 Å². The second-order valence-electron chi connectivity index (χ2n) is 17.4. The second-order valence-corrected chi connectivity index (χ2v) is 17.4. The van der Waals surface area contributed by atoms with Crippen LogP contribution in [0.1, 0.15) is 252 Å². The Morgan fingerprint density at radius 2 is 0.619 bits per heavy atom. The number of unbranched alkanes of at least 4 members (excludes halogenated alkanes) is 24. The van der Waals surface area contributed by atoms with Crippen molar-refractivity contribution in [2.45, 2.75) is 258 Å². The minimum absolute atomic E-state index is 0.0911. The highest BCUT2D eigenvalue weighted by atomic mass is 16.6. The average molecular weight is 879 g/mol. The Morgan fingerprint density at radius 1 is 0.333 bits per heavy atom. The first kappa shape index (κ1) is 59.9. The Balaban J connectivity index is 4.44. The first-order chi connectivity index (χ1) is 31.0. The van der Waals surface area contributed by atoms with Crippen LogP contribution in [-0.4, -0.2) is 37.2 Å². The van der Waals surface area contributed by atoms with E-state index in [1.54, 1.807) is 0 Å². The number of carbonyl (C=O) groups excluding carboxylic acids is 3. The largest absolute Gasteiger partial charge is 0.462 e. The minimum atomic E-state index is -0.792. The lowest BCUT2D eigenvalue weighted by atomic mass is 10.1. The van der Waals surface area contributed by atoms with Crippen molar-refractivity contribution in [2.75, 3.05) is 13.2 Å². The molecule has 0 rings (SSSR count). The van der Waals surface area contributed by atoms with Gasteiger partial charge in [-0.2, -0.15) is 0 Å². The van der Waals surface area contributed by atoms with Crippen LogP contribution in [0, 0.1) is 0 Å². The molecule has 0 radical (unpaired) electrons. The lowest BCUT2D eigenvalue weighted by Crippen LogP contribution is -2.30. The van der Waals surface area contributed by atoms with E-state index < -0.39 is 6.10 Å². The van der Waals surface area contributed by atoms with Crippen molar-refractivity contribution in [3.8, 4) is 0 Å². The van der Waals surface area contributed by atoms with Gasteiger partial charge in [-0.15, -0.1) is 0 Å². The Bertz CT molecular complexity index is 1190. The van der Waals surface area contributed by atoms with Gasteiger partial charge in [0.2, 0.25) is 0 Å². The number of ether oxygens (including phenoxy) is 3. The third-order valence-electron chi connectivity index (χ3n) is 11.2. The zero-order valence-corrected chi connectivity index (χ0v) is 41.3. The van der Waals surface area contributed by atoms with Crippen molar-refractivity contribution < 1.29 is 28.6 Å². The second kappa shape index (κ2) is 51.5. The van der Waals surface area contributed by atoms with Crippen molar-refractivity contribution in [2.24, 2.45) is 0 Å². The Kier molecular flexibility index (Phi) is 48.9. The highest BCUT2D eigenvalue weighted by Crippen LogP contribution is 2.14. The maximum atomic E-state index is 12.8. The number of esters is 3. The van der Waals surface area contributed by atoms with E-state index in [9.17, 15) is 14.4 Å². The highest BCUT2D eigenvalue weighted by Gasteiger charge is 2.19. The molecule has 1 atom stereocenters. The number of carbonyl (C=O) groups is 3. The van der Waals surface area contributed by atoms with E-state index in [1.165, 1.54) is 96.3 Å². The molecule has 0 saturated heterocycles. The quantitative estimate of drug-likeness (QED) is 0.0262. The monoisotopic (exact) mass is 879 g/mol. The molecule has 6 nitrogen and oxygen atoms in total. The van der Waals surface area contributed by atoms with Crippen molar-refractivity contribution in [3.05, 3.63) is 72.9 Å². The SMILES string of the molecule is CC/C=C\C/C=C\C/C=C\C/C=C\CCCCCCC(=O)OCC(COC(=O)CCCCCCC/C=C\CCCCC)OC(=O)CCCCCCC/C=C\CCCCCCCCC. The third kappa shape index (κ3) is 49.7. The van der Waals surface area contributed by atoms with Crippen molar-refractivity contribution >= 4 is 17.9 Å². The minimum Gasteiger partial charge on any atom is -0.462 e. The normalized spacial score (nSPS) is 12.6. The van der Waals surface area contributed by atoms with E-state index in [0.29, 0.717) is 19.3 Å². The first-order valence-corrected chi connectivity index (χ1v) is 26.4. The van der Waals surface area contributed by atoms with Crippen LogP contribution in [0.25, 0.3) is 0 Å². The van der Waals surface area contributed by atoms with E-state index in [-0.39, 0.29) is 31.1 Å². The zero-order valence-electron chi connectivity index (χ0n) is 41.3. The van der Waals surface area contributed by atoms with Gasteiger partial charge in [0.1, 0.15) is 13.2 Å². The molecule has 6 heteroatoms.